The van der Waals surface area contributed by atoms with Gasteiger partial charge in [0.15, 0.2) is 5.13 Å². The molecule has 1 saturated carbocycles. The molecule has 0 saturated heterocycles. The average molecular weight is 316 g/mol. The molecule has 0 spiro atoms. The van der Waals surface area contributed by atoms with E-state index in [-0.39, 0.29) is 24.2 Å². The number of amides is 2. The van der Waals surface area contributed by atoms with Crippen LogP contribution in [0.1, 0.15) is 24.1 Å². The number of rotatable bonds is 6. The first-order valence-corrected chi connectivity index (χ1v) is 7.99. The van der Waals surface area contributed by atoms with Crippen molar-refractivity contribution in [2.75, 3.05) is 5.32 Å². The van der Waals surface area contributed by atoms with Crippen LogP contribution in [0.2, 0.25) is 0 Å². The molecule has 3 rings (SSSR count). The van der Waals surface area contributed by atoms with Crippen LogP contribution in [0.25, 0.3) is 0 Å². The van der Waals surface area contributed by atoms with Gasteiger partial charge in [0.2, 0.25) is 11.8 Å². The third-order valence-corrected chi connectivity index (χ3v) is 4.09. The van der Waals surface area contributed by atoms with E-state index >= 15 is 0 Å². The Morgan fingerprint density at radius 1 is 1.36 bits per heavy atom. The summed E-state index contributed by atoms with van der Waals surface area (Å²) in [5.74, 6) is 0.0753. The fourth-order valence-electron chi connectivity index (χ4n) is 1.93. The minimum absolute atomic E-state index is 0.0296. The number of hydrogen-bond donors (Lipinski definition) is 2. The number of carbonyl (C=O) groups is 2. The van der Waals surface area contributed by atoms with Crippen LogP contribution >= 0.6 is 11.3 Å². The van der Waals surface area contributed by atoms with Gasteiger partial charge in [0.05, 0.1) is 12.1 Å². The van der Waals surface area contributed by atoms with Crippen molar-refractivity contribution in [3.05, 3.63) is 41.2 Å². The fraction of sp³-hybridized carbons (Fsp3) is 0.333. The van der Waals surface area contributed by atoms with Crippen molar-refractivity contribution in [3.63, 3.8) is 0 Å². The second-order valence-electron chi connectivity index (χ2n) is 5.22. The molecule has 0 unspecified atom stereocenters. The molecule has 0 aliphatic heterocycles. The van der Waals surface area contributed by atoms with Crippen molar-refractivity contribution >= 4 is 28.3 Å². The van der Waals surface area contributed by atoms with Gasteiger partial charge in [-0.1, -0.05) is 6.07 Å². The van der Waals surface area contributed by atoms with Gasteiger partial charge in [-0.3, -0.25) is 14.6 Å². The van der Waals surface area contributed by atoms with Crippen LogP contribution in [0.5, 0.6) is 0 Å². The molecule has 2 heterocycles. The van der Waals surface area contributed by atoms with E-state index in [0.717, 1.165) is 18.4 Å². The molecular weight excluding hydrogens is 300 g/mol. The van der Waals surface area contributed by atoms with E-state index in [1.165, 1.54) is 11.3 Å². The number of nitrogens with zero attached hydrogens (tertiary/aromatic N) is 2. The zero-order valence-electron chi connectivity index (χ0n) is 11.9. The molecule has 0 aromatic carbocycles. The summed E-state index contributed by atoms with van der Waals surface area (Å²) in [6.45, 7) is 0.447. The van der Waals surface area contributed by atoms with Crippen molar-refractivity contribution in [3.8, 4) is 0 Å². The Hall–Kier alpha value is -2.28. The van der Waals surface area contributed by atoms with Crippen LogP contribution in [-0.2, 0) is 22.6 Å². The Balaban J connectivity index is 1.47. The van der Waals surface area contributed by atoms with Crippen molar-refractivity contribution in [2.45, 2.75) is 25.8 Å². The largest absolute Gasteiger partial charge is 0.352 e. The number of carbonyl (C=O) groups excluding carboxylic acids is 2. The smallest absolute Gasteiger partial charge is 0.229 e. The van der Waals surface area contributed by atoms with Crippen LogP contribution in [0.4, 0.5) is 5.13 Å². The predicted octanol–water partition coefficient (Wildman–Crippen LogP) is 1.75. The molecule has 7 heteroatoms. The average Bonchev–Trinajstić information content (AvgIpc) is 3.29. The maximum Gasteiger partial charge on any atom is 0.229 e. The summed E-state index contributed by atoms with van der Waals surface area (Å²) >= 11 is 1.35. The van der Waals surface area contributed by atoms with E-state index in [0.29, 0.717) is 17.4 Å². The molecule has 0 radical (unpaired) electrons. The maximum absolute atomic E-state index is 11.9. The minimum Gasteiger partial charge on any atom is -0.352 e. The predicted molar refractivity (Wildman–Crippen MR) is 83.3 cm³/mol. The molecule has 0 atom stereocenters. The third-order valence-electron chi connectivity index (χ3n) is 3.28. The van der Waals surface area contributed by atoms with Crippen molar-refractivity contribution in [1.29, 1.82) is 0 Å². The SMILES string of the molecule is O=C(Cc1csc(NC(=O)C2CC2)n1)NCc1cccnc1. The molecule has 2 aromatic rings. The number of aromatic nitrogens is 2. The maximum atomic E-state index is 11.9. The quantitative estimate of drug-likeness (QED) is 0.850. The van der Waals surface area contributed by atoms with E-state index in [4.69, 9.17) is 0 Å². The molecule has 2 aromatic heterocycles. The summed E-state index contributed by atoms with van der Waals surface area (Å²) in [5, 5.41) is 7.97. The zero-order chi connectivity index (χ0) is 15.4. The topological polar surface area (TPSA) is 84.0 Å². The summed E-state index contributed by atoms with van der Waals surface area (Å²) in [5.41, 5.74) is 1.62. The van der Waals surface area contributed by atoms with Gasteiger partial charge in [0.1, 0.15) is 0 Å². The van der Waals surface area contributed by atoms with Crippen LogP contribution < -0.4 is 10.6 Å². The van der Waals surface area contributed by atoms with Crippen LogP contribution in [0.3, 0.4) is 0 Å². The number of nitrogens with one attached hydrogen (secondary N) is 2. The summed E-state index contributed by atoms with van der Waals surface area (Å²) < 4.78 is 0. The molecule has 22 heavy (non-hydrogen) atoms. The number of pyridine rings is 1. The van der Waals surface area contributed by atoms with Gasteiger partial charge in [0.25, 0.3) is 0 Å². The standard InChI is InChI=1S/C15H16N4O2S/c20-13(17-8-10-2-1-5-16-7-10)6-12-9-22-15(18-12)19-14(21)11-3-4-11/h1-2,5,7,9,11H,3-4,6,8H2,(H,17,20)(H,18,19,21). The molecule has 2 amide bonds. The lowest BCUT2D eigenvalue weighted by atomic mass is 10.2. The van der Waals surface area contributed by atoms with Crippen molar-refractivity contribution in [2.24, 2.45) is 5.92 Å². The highest BCUT2D eigenvalue weighted by Crippen LogP contribution is 2.30. The molecule has 1 aliphatic carbocycles. The van der Waals surface area contributed by atoms with E-state index in [1.54, 1.807) is 17.8 Å². The Kier molecular flexibility index (Phi) is 4.43. The first-order valence-electron chi connectivity index (χ1n) is 7.11. The highest BCUT2D eigenvalue weighted by molar-refractivity contribution is 7.13. The zero-order valence-corrected chi connectivity index (χ0v) is 12.7. The van der Waals surface area contributed by atoms with Gasteiger partial charge in [-0.2, -0.15) is 0 Å². The van der Waals surface area contributed by atoms with E-state index < -0.39 is 0 Å². The lowest BCUT2D eigenvalue weighted by molar-refractivity contribution is -0.120. The first-order chi connectivity index (χ1) is 10.7. The molecule has 114 valence electrons. The molecule has 0 bridgehead atoms. The van der Waals surface area contributed by atoms with E-state index in [1.807, 2.05) is 12.1 Å². The molecule has 2 N–H and O–H groups in total. The second kappa shape index (κ2) is 6.65. The highest BCUT2D eigenvalue weighted by atomic mass is 32.1. The highest BCUT2D eigenvalue weighted by Gasteiger charge is 2.30. The lowest BCUT2D eigenvalue weighted by Gasteiger charge is -2.03. The lowest BCUT2D eigenvalue weighted by Crippen LogP contribution is -2.24. The van der Waals surface area contributed by atoms with Gasteiger partial charge in [0, 0.05) is 30.2 Å². The van der Waals surface area contributed by atoms with E-state index in [9.17, 15) is 9.59 Å². The van der Waals surface area contributed by atoms with Crippen molar-refractivity contribution in [1.82, 2.24) is 15.3 Å². The number of thiazole rings is 1. The fourth-order valence-corrected chi connectivity index (χ4v) is 2.64. The van der Waals surface area contributed by atoms with Gasteiger partial charge in [-0.05, 0) is 24.5 Å². The summed E-state index contributed by atoms with van der Waals surface area (Å²) in [6.07, 6.45) is 5.53. The summed E-state index contributed by atoms with van der Waals surface area (Å²) in [4.78, 5) is 31.8. The van der Waals surface area contributed by atoms with Crippen LogP contribution in [-0.4, -0.2) is 21.8 Å². The second-order valence-corrected chi connectivity index (χ2v) is 6.08. The van der Waals surface area contributed by atoms with Gasteiger partial charge < -0.3 is 10.6 Å². The number of anilines is 1. The van der Waals surface area contributed by atoms with Crippen molar-refractivity contribution < 1.29 is 9.59 Å². The Bertz CT molecular complexity index is 667. The van der Waals surface area contributed by atoms with Crippen LogP contribution in [0.15, 0.2) is 29.9 Å². The summed E-state index contributed by atoms with van der Waals surface area (Å²) in [7, 11) is 0. The first kappa shape index (κ1) is 14.6. The van der Waals surface area contributed by atoms with Crippen LogP contribution in [0, 0.1) is 5.92 Å². The molecule has 1 fully saturated rings. The third kappa shape index (κ3) is 4.11. The molecule has 6 nitrogen and oxygen atoms in total. The van der Waals surface area contributed by atoms with E-state index in [2.05, 4.69) is 20.6 Å². The summed E-state index contributed by atoms with van der Waals surface area (Å²) in [6, 6.07) is 3.73. The Morgan fingerprint density at radius 3 is 2.95 bits per heavy atom. The minimum atomic E-state index is -0.103. The van der Waals surface area contributed by atoms with Gasteiger partial charge in [-0.15, -0.1) is 11.3 Å². The number of hydrogen-bond acceptors (Lipinski definition) is 5. The molecular formula is C15H16N4O2S. The Labute approximate surface area is 132 Å². The van der Waals surface area contributed by atoms with Gasteiger partial charge >= 0.3 is 0 Å². The van der Waals surface area contributed by atoms with Gasteiger partial charge in [-0.25, -0.2) is 4.98 Å². The Morgan fingerprint density at radius 2 is 2.23 bits per heavy atom. The normalized spacial score (nSPS) is 13.6. The monoisotopic (exact) mass is 316 g/mol. The molecule has 1 aliphatic rings.